The lowest BCUT2D eigenvalue weighted by atomic mass is 10.3. The Bertz CT molecular complexity index is 1080. The molecule has 0 radical (unpaired) electrons. The smallest absolute Gasteiger partial charge is 0.295 e. The number of rotatable bonds is 4. The molecule has 1 saturated heterocycles. The Kier molecular flexibility index (Phi) is 5.13. The number of amides is 1. The van der Waals surface area contributed by atoms with Crippen molar-refractivity contribution in [3.8, 4) is 5.69 Å². The molecule has 1 aliphatic rings. The zero-order valence-electron chi connectivity index (χ0n) is 16.3. The first kappa shape index (κ1) is 18.9. The van der Waals surface area contributed by atoms with Crippen LogP contribution in [0.5, 0.6) is 0 Å². The maximum atomic E-state index is 13.0. The average Bonchev–Trinajstić information content (AvgIpc) is 2.98. The molecule has 0 bridgehead atoms. The van der Waals surface area contributed by atoms with Crippen LogP contribution in [0.2, 0.25) is 0 Å². The molecule has 0 atom stereocenters. The van der Waals surface area contributed by atoms with Crippen LogP contribution in [0.15, 0.2) is 47.5 Å². The number of hydrogen-bond donors (Lipinski definition) is 1. The Balaban J connectivity index is 1.62. The van der Waals surface area contributed by atoms with E-state index in [2.05, 4.69) is 15.3 Å². The van der Waals surface area contributed by atoms with Gasteiger partial charge < -0.3 is 15.0 Å². The van der Waals surface area contributed by atoms with Crippen molar-refractivity contribution < 1.29 is 9.53 Å². The minimum absolute atomic E-state index is 0.204. The highest BCUT2D eigenvalue weighted by Gasteiger charge is 2.20. The molecule has 1 amide bonds. The predicted octanol–water partition coefficient (Wildman–Crippen LogP) is 1.36. The molecule has 0 unspecified atom stereocenters. The molecule has 9 nitrogen and oxygen atoms in total. The second-order valence-electron chi connectivity index (χ2n) is 6.75. The largest absolute Gasteiger partial charge is 0.378 e. The first-order valence-electron chi connectivity index (χ1n) is 9.36. The molecule has 3 aromatic rings. The van der Waals surface area contributed by atoms with E-state index in [1.165, 1.54) is 11.0 Å². The Labute approximate surface area is 167 Å². The van der Waals surface area contributed by atoms with E-state index in [0.717, 1.165) is 5.69 Å². The van der Waals surface area contributed by atoms with Gasteiger partial charge >= 0.3 is 0 Å². The summed E-state index contributed by atoms with van der Waals surface area (Å²) in [5.41, 5.74) is 1.50. The Morgan fingerprint density at radius 1 is 1.14 bits per heavy atom. The summed E-state index contributed by atoms with van der Waals surface area (Å²) < 4.78 is 8.58. The lowest BCUT2D eigenvalue weighted by Crippen LogP contribution is -2.37. The lowest BCUT2D eigenvalue weighted by molar-refractivity contribution is 0.102. The van der Waals surface area contributed by atoms with Crippen molar-refractivity contribution in [1.82, 2.24) is 19.3 Å². The van der Waals surface area contributed by atoms with Gasteiger partial charge in [-0.2, -0.15) is 0 Å². The molecule has 1 aromatic carbocycles. The van der Waals surface area contributed by atoms with Gasteiger partial charge in [-0.3, -0.25) is 14.3 Å². The first-order chi connectivity index (χ1) is 14.1. The van der Waals surface area contributed by atoms with E-state index in [9.17, 15) is 9.59 Å². The van der Waals surface area contributed by atoms with E-state index in [1.807, 2.05) is 35.2 Å². The quantitative estimate of drug-likeness (QED) is 0.718. The predicted molar refractivity (Wildman–Crippen MR) is 109 cm³/mol. The Morgan fingerprint density at radius 3 is 2.59 bits per heavy atom. The molecule has 1 N–H and O–H groups in total. The number of aromatic nitrogens is 4. The second-order valence-corrected chi connectivity index (χ2v) is 6.75. The topological polar surface area (TPSA) is 94.3 Å². The normalized spacial score (nSPS) is 14.1. The molecular formula is C20H22N6O3. The molecule has 9 heteroatoms. The fourth-order valence-corrected chi connectivity index (χ4v) is 3.33. The Hall–Kier alpha value is -3.46. The van der Waals surface area contributed by atoms with Crippen LogP contribution in [-0.4, -0.2) is 51.5 Å². The van der Waals surface area contributed by atoms with Gasteiger partial charge in [-0.15, -0.1) is 0 Å². The molecule has 3 heterocycles. The first-order valence-corrected chi connectivity index (χ1v) is 9.36. The fraction of sp³-hybridized carbons (Fsp3) is 0.300. The van der Waals surface area contributed by atoms with Crippen molar-refractivity contribution in [1.29, 1.82) is 0 Å². The van der Waals surface area contributed by atoms with E-state index >= 15 is 0 Å². The minimum Gasteiger partial charge on any atom is -0.378 e. The van der Waals surface area contributed by atoms with Gasteiger partial charge in [0.25, 0.3) is 11.5 Å². The van der Waals surface area contributed by atoms with Crippen molar-refractivity contribution in [2.24, 2.45) is 7.05 Å². The van der Waals surface area contributed by atoms with Gasteiger partial charge in [0.15, 0.2) is 0 Å². The minimum atomic E-state index is -0.451. The molecule has 4 rings (SSSR count). The highest BCUT2D eigenvalue weighted by Crippen LogP contribution is 2.16. The zero-order chi connectivity index (χ0) is 20.4. The van der Waals surface area contributed by atoms with Crippen LogP contribution in [0.25, 0.3) is 5.69 Å². The standard InChI is InChI=1S/C20H22N6O3/c1-14-18(20(28)26(24(14)2)15-6-4-3-5-7-15)23-19(27)16-12-17(22-13-21-16)25-8-10-29-11-9-25/h3-7,12-13H,8-11H2,1-2H3,(H,23,27). The molecule has 0 aliphatic carbocycles. The third kappa shape index (κ3) is 3.64. The van der Waals surface area contributed by atoms with Gasteiger partial charge in [-0.1, -0.05) is 18.2 Å². The SMILES string of the molecule is Cc1c(NC(=O)c2cc(N3CCOCC3)ncn2)c(=O)n(-c2ccccc2)n1C. The summed E-state index contributed by atoms with van der Waals surface area (Å²) in [4.78, 5) is 36.1. The summed E-state index contributed by atoms with van der Waals surface area (Å²) in [5, 5.41) is 2.73. The van der Waals surface area contributed by atoms with Crippen LogP contribution in [0.4, 0.5) is 11.5 Å². The summed E-state index contributed by atoms with van der Waals surface area (Å²) in [5.74, 6) is 0.216. The maximum absolute atomic E-state index is 13.0. The van der Waals surface area contributed by atoms with E-state index in [1.54, 1.807) is 24.7 Å². The fourth-order valence-electron chi connectivity index (χ4n) is 3.33. The summed E-state index contributed by atoms with van der Waals surface area (Å²) in [7, 11) is 1.78. The number of morpholine rings is 1. The number of carbonyl (C=O) groups is 1. The van der Waals surface area contributed by atoms with Gasteiger partial charge in [0.05, 0.1) is 24.6 Å². The highest BCUT2D eigenvalue weighted by atomic mass is 16.5. The molecule has 2 aromatic heterocycles. The molecule has 1 aliphatic heterocycles. The second kappa shape index (κ2) is 7.88. The number of hydrogen-bond acceptors (Lipinski definition) is 6. The van der Waals surface area contributed by atoms with Crippen LogP contribution in [0, 0.1) is 6.92 Å². The number of benzene rings is 1. The third-order valence-electron chi connectivity index (χ3n) is 5.01. The van der Waals surface area contributed by atoms with Crippen molar-refractivity contribution in [2.75, 3.05) is 36.5 Å². The number of anilines is 2. The van der Waals surface area contributed by atoms with Crippen molar-refractivity contribution in [2.45, 2.75) is 6.92 Å². The number of carbonyl (C=O) groups excluding carboxylic acids is 1. The van der Waals surface area contributed by atoms with Gasteiger partial charge in [-0.25, -0.2) is 14.6 Å². The number of para-hydroxylation sites is 1. The monoisotopic (exact) mass is 394 g/mol. The van der Waals surface area contributed by atoms with Crippen LogP contribution < -0.4 is 15.8 Å². The van der Waals surface area contributed by atoms with Gasteiger partial charge in [0.1, 0.15) is 23.5 Å². The zero-order valence-corrected chi connectivity index (χ0v) is 16.3. The van der Waals surface area contributed by atoms with Crippen LogP contribution in [0.3, 0.4) is 0 Å². The van der Waals surface area contributed by atoms with Gasteiger partial charge in [-0.05, 0) is 19.1 Å². The summed E-state index contributed by atoms with van der Waals surface area (Å²) in [6.45, 7) is 4.44. The van der Waals surface area contributed by atoms with Crippen molar-refractivity contribution in [3.05, 3.63) is 64.5 Å². The molecule has 1 fully saturated rings. The molecule has 29 heavy (non-hydrogen) atoms. The summed E-state index contributed by atoms with van der Waals surface area (Å²) >= 11 is 0. The summed E-state index contributed by atoms with van der Waals surface area (Å²) in [6, 6.07) is 10.9. The lowest BCUT2D eigenvalue weighted by Gasteiger charge is -2.27. The van der Waals surface area contributed by atoms with E-state index in [4.69, 9.17) is 4.74 Å². The average molecular weight is 394 g/mol. The van der Waals surface area contributed by atoms with E-state index < -0.39 is 5.91 Å². The van der Waals surface area contributed by atoms with Crippen LogP contribution in [-0.2, 0) is 11.8 Å². The van der Waals surface area contributed by atoms with Crippen LogP contribution >= 0.6 is 0 Å². The van der Waals surface area contributed by atoms with Crippen molar-refractivity contribution >= 4 is 17.4 Å². The molecular weight excluding hydrogens is 372 g/mol. The number of nitrogens with zero attached hydrogens (tertiary/aromatic N) is 5. The molecule has 0 saturated carbocycles. The summed E-state index contributed by atoms with van der Waals surface area (Å²) in [6.07, 6.45) is 1.36. The highest BCUT2D eigenvalue weighted by molar-refractivity contribution is 6.03. The van der Waals surface area contributed by atoms with Crippen LogP contribution in [0.1, 0.15) is 16.2 Å². The maximum Gasteiger partial charge on any atom is 0.295 e. The van der Waals surface area contributed by atoms with Gasteiger partial charge in [0.2, 0.25) is 0 Å². The Morgan fingerprint density at radius 2 is 1.86 bits per heavy atom. The third-order valence-corrected chi connectivity index (χ3v) is 5.01. The number of nitrogens with one attached hydrogen (secondary N) is 1. The van der Waals surface area contributed by atoms with E-state index in [-0.39, 0.29) is 16.9 Å². The van der Waals surface area contributed by atoms with E-state index in [0.29, 0.717) is 37.8 Å². The molecule has 150 valence electrons. The number of ether oxygens (including phenoxy) is 1. The van der Waals surface area contributed by atoms with Gasteiger partial charge in [0, 0.05) is 26.2 Å². The molecule has 0 spiro atoms. The van der Waals surface area contributed by atoms with Crippen molar-refractivity contribution in [3.63, 3.8) is 0 Å².